The summed E-state index contributed by atoms with van der Waals surface area (Å²) in [6.07, 6.45) is 4.40. The molecule has 0 saturated carbocycles. The molecule has 3 rings (SSSR count). The normalized spacial score (nSPS) is 31.6. The molecule has 5 atom stereocenters. The van der Waals surface area contributed by atoms with E-state index in [-0.39, 0.29) is 23.8 Å². The van der Waals surface area contributed by atoms with Crippen molar-refractivity contribution in [3.05, 3.63) is 0 Å². The van der Waals surface area contributed by atoms with Gasteiger partial charge in [-0.3, -0.25) is 14.4 Å². The molecule has 0 unspecified atom stereocenters. The van der Waals surface area contributed by atoms with Crippen LogP contribution in [0.15, 0.2) is 0 Å². The molecule has 3 saturated heterocycles. The number of hydrogen-bond acceptors (Lipinski definition) is 6. The number of carbonyl (C=O) groups excluding carboxylic acids is 3. The fourth-order valence-corrected chi connectivity index (χ4v) is 4.63. The van der Waals surface area contributed by atoms with Crippen molar-refractivity contribution in [2.24, 2.45) is 5.73 Å². The first-order chi connectivity index (χ1) is 12.8. The second-order valence-corrected chi connectivity index (χ2v) is 7.80. The summed E-state index contributed by atoms with van der Waals surface area (Å²) in [6, 6.07) is -1.84. The van der Waals surface area contributed by atoms with Crippen molar-refractivity contribution in [3.8, 4) is 0 Å². The third-order valence-corrected chi connectivity index (χ3v) is 6.14. The number of piperidine rings is 1. The molecule has 3 aliphatic heterocycles. The molecule has 0 radical (unpaired) electrons. The third-order valence-electron chi connectivity index (χ3n) is 6.14. The van der Waals surface area contributed by atoms with Crippen LogP contribution >= 0.6 is 0 Å². The number of nitrogens with one attached hydrogen (secondary N) is 1. The number of likely N-dealkylation sites (tertiary alicyclic amines) is 1. The third kappa shape index (κ3) is 3.83. The Labute approximate surface area is 159 Å². The lowest BCUT2D eigenvalue weighted by Gasteiger charge is -2.37. The second kappa shape index (κ2) is 8.16. The zero-order valence-electron chi connectivity index (χ0n) is 15.7. The first kappa shape index (κ1) is 20.1. The van der Waals surface area contributed by atoms with Crippen molar-refractivity contribution < 1.29 is 24.4 Å². The highest BCUT2D eigenvalue weighted by atomic mass is 16.4. The van der Waals surface area contributed by atoms with Crippen LogP contribution in [0.1, 0.15) is 51.9 Å². The average molecular weight is 380 g/mol. The molecule has 3 heterocycles. The van der Waals surface area contributed by atoms with E-state index in [2.05, 4.69) is 5.32 Å². The Hall–Kier alpha value is -1.65. The maximum absolute atomic E-state index is 12.8. The van der Waals surface area contributed by atoms with E-state index in [0.29, 0.717) is 38.6 Å². The molecule has 0 aromatic heterocycles. The number of hydrogen-bond donors (Lipinski definition) is 4. The van der Waals surface area contributed by atoms with E-state index >= 15 is 0 Å². The maximum Gasteiger partial charge on any atom is 0.475 e. The van der Waals surface area contributed by atoms with E-state index in [4.69, 9.17) is 5.73 Å². The monoisotopic (exact) mass is 380 g/mol. The van der Waals surface area contributed by atoms with Crippen LogP contribution < -0.4 is 11.1 Å². The highest BCUT2D eigenvalue weighted by Gasteiger charge is 2.46. The van der Waals surface area contributed by atoms with Gasteiger partial charge in [0.1, 0.15) is 12.1 Å². The molecule has 5 N–H and O–H groups in total. The number of fused-ring (bicyclic) bond motifs is 1. The van der Waals surface area contributed by atoms with Gasteiger partial charge in [-0.1, -0.05) is 6.92 Å². The van der Waals surface area contributed by atoms with Gasteiger partial charge in [0, 0.05) is 12.6 Å². The van der Waals surface area contributed by atoms with Crippen molar-refractivity contribution in [3.63, 3.8) is 0 Å². The molecule has 10 heteroatoms. The Balaban J connectivity index is 1.66. The first-order valence-electron chi connectivity index (χ1n) is 9.89. The zero-order chi connectivity index (χ0) is 19.7. The lowest BCUT2D eigenvalue weighted by atomic mass is 9.77. The smallest absolute Gasteiger partial charge is 0.426 e. The summed E-state index contributed by atoms with van der Waals surface area (Å²) >= 11 is 0. The van der Waals surface area contributed by atoms with E-state index < -0.39 is 31.2 Å². The van der Waals surface area contributed by atoms with Crippen molar-refractivity contribution in [2.45, 2.75) is 82.0 Å². The van der Waals surface area contributed by atoms with E-state index in [1.54, 1.807) is 11.8 Å². The van der Waals surface area contributed by atoms with Gasteiger partial charge in [-0.25, -0.2) is 0 Å². The van der Waals surface area contributed by atoms with Gasteiger partial charge in [0.15, 0.2) is 0 Å². The number of nitrogens with zero attached hydrogens (tertiary/aromatic N) is 2. The molecule has 0 aliphatic carbocycles. The Bertz CT molecular complexity index is 604. The average Bonchev–Trinajstić information content (AvgIpc) is 3.29. The quantitative estimate of drug-likeness (QED) is 0.423. The lowest BCUT2D eigenvalue weighted by Crippen LogP contribution is -2.59. The molecule has 3 aliphatic rings. The summed E-state index contributed by atoms with van der Waals surface area (Å²) in [4.78, 5) is 41.1. The summed E-state index contributed by atoms with van der Waals surface area (Å²) < 4.78 is 0. The van der Waals surface area contributed by atoms with E-state index in [0.717, 1.165) is 12.8 Å². The van der Waals surface area contributed by atoms with Crippen molar-refractivity contribution in [1.82, 2.24) is 15.1 Å². The minimum Gasteiger partial charge on any atom is -0.426 e. The highest BCUT2D eigenvalue weighted by Crippen LogP contribution is 2.32. The minimum atomic E-state index is -1.59. The van der Waals surface area contributed by atoms with Crippen molar-refractivity contribution >= 4 is 24.8 Å². The molecule has 150 valence electrons. The minimum absolute atomic E-state index is 0.0522. The summed E-state index contributed by atoms with van der Waals surface area (Å²) in [5.74, 6) is -1.47. The van der Waals surface area contributed by atoms with Crippen LogP contribution in [-0.2, 0) is 14.4 Å². The molecule has 27 heavy (non-hydrogen) atoms. The van der Waals surface area contributed by atoms with E-state index in [1.807, 2.05) is 0 Å². The van der Waals surface area contributed by atoms with E-state index in [1.165, 1.54) is 4.90 Å². The van der Waals surface area contributed by atoms with Gasteiger partial charge in [-0.15, -0.1) is 0 Å². The second-order valence-electron chi connectivity index (χ2n) is 7.80. The lowest BCUT2D eigenvalue weighted by molar-refractivity contribution is -0.145. The fourth-order valence-electron chi connectivity index (χ4n) is 4.63. The molecule has 0 spiro atoms. The van der Waals surface area contributed by atoms with Gasteiger partial charge in [0.2, 0.25) is 17.7 Å². The Morgan fingerprint density at radius 1 is 1.26 bits per heavy atom. The number of amides is 3. The van der Waals surface area contributed by atoms with Gasteiger partial charge in [-0.05, 0) is 44.9 Å². The molecule has 9 nitrogen and oxygen atoms in total. The van der Waals surface area contributed by atoms with Gasteiger partial charge in [0.25, 0.3) is 0 Å². The zero-order valence-corrected chi connectivity index (χ0v) is 15.7. The summed E-state index contributed by atoms with van der Waals surface area (Å²) in [7, 11) is -1.59. The van der Waals surface area contributed by atoms with Crippen LogP contribution in [0, 0.1) is 0 Å². The van der Waals surface area contributed by atoms with E-state index in [9.17, 15) is 24.4 Å². The highest BCUT2D eigenvalue weighted by molar-refractivity contribution is 6.43. The standard InChI is InChI=1S/C17H29BN4O5/c1-2-12(17(25)21-9-3-4-14(21)18(26)27)20-15(23)13-8-6-10-5-7-11(19)16(24)22(10)13/h10-14,26-27H,2-9,19H2,1H3,(H,20,23)/t10-,11-,12-,13-,14-/m0/s1. The molecule has 3 amide bonds. The van der Waals surface area contributed by atoms with Gasteiger partial charge in [0.05, 0.1) is 12.0 Å². The maximum atomic E-state index is 12.8. The molecular formula is C17H29BN4O5. The fraction of sp³-hybridized carbons (Fsp3) is 0.824. The van der Waals surface area contributed by atoms with Gasteiger partial charge in [-0.2, -0.15) is 0 Å². The molecule has 3 fully saturated rings. The van der Waals surface area contributed by atoms with Crippen molar-refractivity contribution in [2.75, 3.05) is 6.54 Å². The predicted octanol–water partition coefficient (Wildman–Crippen LogP) is -1.64. The van der Waals surface area contributed by atoms with Gasteiger partial charge >= 0.3 is 7.12 Å². The predicted molar refractivity (Wildman–Crippen MR) is 98.0 cm³/mol. The summed E-state index contributed by atoms with van der Waals surface area (Å²) in [6.45, 7) is 2.24. The Kier molecular flexibility index (Phi) is 6.07. The molecular weight excluding hydrogens is 351 g/mol. The summed E-state index contributed by atoms with van der Waals surface area (Å²) in [5, 5.41) is 21.7. The largest absolute Gasteiger partial charge is 0.475 e. The van der Waals surface area contributed by atoms with Crippen LogP contribution in [0.5, 0.6) is 0 Å². The molecule has 0 aromatic carbocycles. The van der Waals surface area contributed by atoms with Crippen LogP contribution in [0.4, 0.5) is 0 Å². The van der Waals surface area contributed by atoms with Crippen LogP contribution in [0.3, 0.4) is 0 Å². The topological polar surface area (TPSA) is 136 Å². The molecule has 0 bridgehead atoms. The van der Waals surface area contributed by atoms with Gasteiger partial charge < -0.3 is 30.9 Å². The van der Waals surface area contributed by atoms with Crippen molar-refractivity contribution in [1.29, 1.82) is 0 Å². The van der Waals surface area contributed by atoms with Crippen LogP contribution in [0.25, 0.3) is 0 Å². The van der Waals surface area contributed by atoms with Crippen LogP contribution in [-0.4, -0.2) is 81.3 Å². The Morgan fingerprint density at radius 2 is 1.96 bits per heavy atom. The first-order valence-corrected chi connectivity index (χ1v) is 9.89. The Morgan fingerprint density at radius 3 is 2.63 bits per heavy atom. The number of carbonyl (C=O) groups is 3. The number of rotatable bonds is 5. The SMILES string of the molecule is CC[C@H](NC(=O)[C@@H]1CC[C@@H]2CC[C@H](N)C(=O)N21)C(=O)N1CCC[C@H]1B(O)O. The van der Waals surface area contributed by atoms with Crippen LogP contribution in [0.2, 0.25) is 0 Å². The molecule has 0 aromatic rings. The summed E-state index contributed by atoms with van der Waals surface area (Å²) in [5.41, 5.74) is 5.87. The number of nitrogens with two attached hydrogens (primary N) is 1.